The molecule has 0 saturated carbocycles. The maximum absolute atomic E-state index is 5.40. The number of rotatable bonds is 2. The highest BCUT2D eigenvalue weighted by Crippen LogP contribution is 2.16. The number of hydrogen-bond acceptors (Lipinski definition) is 2. The van der Waals surface area contributed by atoms with Crippen molar-refractivity contribution in [3.8, 4) is 5.75 Å². The molecule has 0 bridgehead atoms. The molecular weight excluding hydrogens is 164 g/mol. The van der Waals surface area contributed by atoms with Gasteiger partial charge in [-0.15, -0.1) is 0 Å². The molecule has 2 heterocycles. The number of aromatic nitrogens is 2. The summed E-state index contributed by atoms with van der Waals surface area (Å²) in [6.45, 7) is 4.72. The molecule has 0 saturated heterocycles. The Kier molecular flexibility index (Phi) is 1.93. The van der Waals surface area contributed by atoms with Crippen LogP contribution in [0.15, 0.2) is 24.5 Å². The number of aryl methyl sites for hydroxylation is 1. The molecule has 13 heavy (non-hydrogen) atoms. The number of fused-ring (bicyclic) bond motifs is 1. The van der Waals surface area contributed by atoms with Crippen LogP contribution < -0.4 is 4.74 Å². The summed E-state index contributed by atoms with van der Waals surface area (Å²) in [6, 6.07) is 3.93. The molecule has 2 aromatic rings. The maximum atomic E-state index is 5.40. The molecule has 0 fully saturated rings. The Balaban J connectivity index is 2.53. The van der Waals surface area contributed by atoms with Gasteiger partial charge < -0.3 is 4.74 Å². The lowest BCUT2D eigenvalue weighted by Crippen LogP contribution is -1.93. The van der Waals surface area contributed by atoms with Crippen molar-refractivity contribution in [2.75, 3.05) is 6.61 Å². The molecule has 0 unspecified atom stereocenters. The molecule has 0 radical (unpaired) electrons. The minimum atomic E-state index is 0.698. The fourth-order valence-electron chi connectivity index (χ4n) is 1.34. The summed E-state index contributed by atoms with van der Waals surface area (Å²) in [5, 5.41) is 4.18. The number of nitrogens with zero attached hydrogens (tertiary/aromatic N) is 2. The zero-order chi connectivity index (χ0) is 9.26. The summed E-state index contributed by atoms with van der Waals surface area (Å²) in [4.78, 5) is 0. The van der Waals surface area contributed by atoms with Crippen LogP contribution in [-0.2, 0) is 0 Å². The number of hydrogen-bond donors (Lipinski definition) is 0. The average molecular weight is 176 g/mol. The molecule has 0 atom stereocenters. The third-order valence-electron chi connectivity index (χ3n) is 2.00. The lowest BCUT2D eigenvalue weighted by Gasteiger charge is -2.02. The van der Waals surface area contributed by atoms with Crippen LogP contribution in [-0.4, -0.2) is 16.2 Å². The second-order valence-electron chi connectivity index (χ2n) is 2.95. The first kappa shape index (κ1) is 8.10. The van der Waals surface area contributed by atoms with E-state index in [9.17, 15) is 0 Å². The molecule has 0 amide bonds. The van der Waals surface area contributed by atoms with Gasteiger partial charge in [0.25, 0.3) is 0 Å². The van der Waals surface area contributed by atoms with Gasteiger partial charge in [-0.05, 0) is 25.5 Å². The van der Waals surface area contributed by atoms with Crippen molar-refractivity contribution in [2.45, 2.75) is 13.8 Å². The summed E-state index contributed by atoms with van der Waals surface area (Å²) in [5.41, 5.74) is 2.27. The van der Waals surface area contributed by atoms with Gasteiger partial charge in [-0.25, -0.2) is 4.52 Å². The van der Waals surface area contributed by atoms with Crippen LogP contribution in [0.5, 0.6) is 5.75 Å². The van der Waals surface area contributed by atoms with Gasteiger partial charge in [0.2, 0.25) is 0 Å². The molecular formula is C10H12N2O. The largest absolute Gasteiger partial charge is 0.494 e. The second-order valence-corrected chi connectivity index (χ2v) is 2.95. The molecule has 3 heteroatoms. The van der Waals surface area contributed by atoms with Crippen molar-refractivity contribution in [2.24, 2.45) is 0 Å². The molecule has 2 aromatic heterocycles. The second kappa shape index (κ2) is 3.09. The number of pyridine rings is 1. The van der Waals surface area contributed by atoms with E-state index in [1.807, 2.05) is 42.9 Å². The Hall–Kier alpha value is -1.51. The minimum Gasteiger partial charge on any atom is -0.494 e. The van der Waals surface area contributed by atoms with Crippen molar-refractivity contribution < 1.29 is 4.74 Å². The van der Waals surface area contributed by atoms with E-state index in [1.165, 1.54) is 5.56 Å². The molecule has 0 spiro atoms. The summed E-state index contributed by atoms with van der Waals surface area (Å²) >= 11 is 0. The van der Waals surface area contributed by atoms with Crippen LogP contribution in [0.3, 0.4) is 0 Å². The Labute approximate surface area is 76.9 Å². The Bertz CT molecular complexity index is 420. The minimum absolute atomic E-state index is 0.698. The first-order valence-corrected chi connectivity index (χ1v) is 4.38. The molecule has 0 N–H and O–H groups in total. The van der Waals surface area contributed by atoms with Crippen LogP contribution in [0.1, 0.15) is 12.5 Å². The van der Waals surface area contributed by atoms with Gasteiger partial charge in [-0.1, -0.05) is 0 Å². The van der Waals surface area contributed by atoms with Gasteiger partial charge in [0, 0.05) is 12.3 Å². The van der Waals surface area contributed by atoms with E-state index >= 15 is 0 Å². The van der Waals surface area contributed by atoms with Crippen molar-refractivity contribution in [3.05, 3.63) is 30.1 Å². The summed E-state index contributed by atoms with van der Waals surface area (Å²) in [6.07, 6.45) is 3.76. The normalized spacial score (nSPS) is 10.6. The van der Waals surface area contributed by atoms with Crippen LogP contribution in [0.4, 0.5) is 0 Å². The zero-order valence-electron chi connectivity index (χ0n) is 7.82. The molecule has 68 valence electrons. The highest BCUT2D eigenvalue weighted by molar-refractivity contribution is 5.56. The molecule has 0 aliphatic heterocycles. The lowest BCUT2D eigenvalue weighted by atomic mass is 10.3. The molecule has 2 rings (SSSR count). The van der Waals surface area contributed by atoms with Gasteiger partial charge in [0.05, 0.1) is 18.3 Å². The summed E-state index contributed by atoms with van der Waals surface area (Å²) < 4.78 is 7.24. The van der Waals surface area contributed by atoms with Crippen molar-refractivity contribution in [1.82, 2.24) is 9.61 Å². The van der Waals surface area contributed by atoms with Gasteiger partial charge in [0.15, 0.2) is 0 Å². The van der Waals surface area contributed by atoms with Crippen LogP contribution in [0.2, 0.25) is 0 Å². The van der Waals surface area contributed by atoms with E-state index in [2.05, 4.69) is 5.10 Å². The standard InChI is InChI=1S/C10H12N2O/c1-3-13-9-4-5-12-10(6-9)8(2)7-11-12/h4-7H,3H2,1-2H3. The van der Waals surface area contributed by atoms with Crippen LogP contribution in [0, 0.1) is 6.92 Å². The fourth-order valence-corrected chi connectivity index (χ4v) is 1.34. The first-order valence-electron chi connectivity index (χ1n) is 4.38. The Morgan fingerprint density at radius 1 is 1.54 bits per heavy atom. The molecule has 0 aliphatic carbocycles. The maximum Gasteiger partial charge on any atom is 0.122 e. The van der Waals surface area contributed by atoms with E-state index in [0.29, 0.717) is 6.61 Å². The van der Waals surface area contributed by atoms with Crippen molar-refractivity contribution >= 4 is 5.52 Å². The van der Waals surface area contributed by atoms with Gasteiger partial charge in [0.1, 0.15) is 5.75 Å². The lowest BCUT2D eigenvalue weighted by molar-refractivity contribution is 0.340. The molecule has 3 nitrogen and oxygen atoms in total. The predicted octanol–water partition coefficient (Wildman–Crippen LogP) is 2.04. The topological polar surface area (TPSA) is 26.5 Å². The quantitative estimate of drug-likeness (QED) is 0.700. The molecule has 0 aliphatic rings. The Morgan fingerprint density at radius 3 is 3.15 bits per heavy atom. The fraction of sp³-hybridized carbons (Fsp3) is 0.300. The number of ether oxygens (including phenoxy) is 1. The monoisotopic (exact) mass is 176 g/mol. The zero-order valence-corrected chi connectivity index (χ0v) is 7.82. The van der Waals surface area contributed by atoms with Crippen molar-refractivity contribution in [3.63, 3.8) is 0 Å². The average Bonchev–Trinajstić information content (AvgIpc) is 2.49. The van der Waals surface area contributed by atoms with Crippen molar-refractivity contribution in [1.29, 1.82) is 0 Å². The SMILES string of the molecule is CCOc1ccn2ncc(C)c2c1. The first-order chi connectivity index (χ1) is 6.31. The predicted molar refractivity (Wildman–Crippen MR) is 51.1 cm³/mol. The van der Waals surface area contributed by atoms with Crippen LogP contribution in [0.25, 0.3) is 5.52 Å². The van der Waals surface area contributed by atoms with E-state index < -0.39 is 0 Å². The van der Waals surface area contributed by atoms with Gasteiger partial charge >= 0.3 is 0 Å². The summed E-state index contributed by atoms with van der Waals surface area (Å²) in [5.74, 6) is 0.901. The van der Waals surface area contributed by atoms with E-state index in [4.69, 9.17) is 4.74 Å². The van der Waals surface area contributed by atoms with E-state index in [-0.39, 0.29) is 0 Å². The van der Waals surface area contributed by atoms with Gasteiger partial charge in [-0.2, -0.15) is 5.10 Å². The highest BCUT2D eigenvalue weighted by Gasteiger charge is 2.00. The third kappa shape index (κ3) is 1.37. The van der Waals surface area contributed by atoms with E-state index in [0.717, 1.165) is 11.3 Å². The Morgan fingerprint density at radius 2 is 2.38 bits per heavy atom. The van der Waals surface area contributed by atoms with Crippen LogP contribution >= 0.6 is 0 Å². The third-order valence-corrected chi connectivity index (χ3v) is 2.00. The smallest absolute Gasteiger partial charge is 0.122 e. The van der Waals surface area contributed by atoms with E-state index in [1.54, 1.807) is 0 Å². The van der Waals surface area contributed by atoms with Gasteiger partial charge in [-0.3, -0.25) is 0 Å². The molecule has 0 aromatic carbocycles. The highest BCUT2D eigenvalue weighted by atomic mass is 16.5. The summed E-state index contributed by atoms with van der Waals surface area (Å²) in [7, 11) is 0.